The molecule has 2 aromatic carbocycles. The molecule has 1 unspecified atom stereocenters. The van der Waals surface area contributed by atoms with Crippen molar-refractivity contribution in [1.82, 2.24) is 0 Å². The summed E-state index contributed by atoms with van der Waals surface area (Å²) in [6, 6.07) is 14.4. The second-order valence-corrected chi connectivity index (χ2v) is 5.05. The van der Waals surface area contributed by atoms with Crippen molar-refractivity contribution in [2.24, 2.45) is 0 Å². The van der Waals surface area contributed by atoms with Crippen LogP contribution in [0.5, 0.6) is 0 Å². The molecule has 0 aliphatic carbocycles. The maximum Gasteiger partial charge on any atom is 0.0747 e. The van der Waals surface area contributed by atoms with Gasteiger partial charge in [-0.2, -0.15) is 0 Å². The molecule has 2 rings (SSSR count). The number of hydrogen-bond donors (Lipinski definition) is 2. The molecule has 0 amide bonds. The highest BCUT2D eigenvalue weighted by molar-refractivity contribution is 5.52. The van der Waals surface area contributed by atoms with Gasteiger partial charge in [0.05, 0.1) is 12.6 Å². The molecule has 2 aromatic rings. The molecule has 0 radical (unpaired) electrons. The molecule has 2 N–H and O–H groups in total. The monoisotopic (exact) mass is 255 g/mol. The number of nitrogens with one attached hydrogen (secondary N) is 1. The first-order chi connectivity index (χ1) is 9.11. The lowest BCUT2D eigenvalue weighted by atomic mass is 9.99. The predicted molar refractivity (Wildman–Crippen MR) is 80.5 cm³/mol. The minimum atomic E-state index is -0.0685. The van der Waals surface area contributed by atoms with E-state index in [0.717, 1.165) is 11.3 Å². The first kappa shape index (κ1) is 13.6. The van der Waals surface area contributed by atoms with Crippen LogP contribution in [0.25, 0.3) is 0 Å². The van der Waals surface area contributed by atoms with Crippen LogP contribution in [-0.2, 0) is 0 Å². The summed E-state index contributed by atoms with van der Waals surface area (Å²) in [5, 5.41) is 13.1. The van der Waals surface area contributed by atoms with E-state index in [1.165, 1.54) is 16.7 Å². The number of aliphatic hydroxyl groups is 1. The Morgan fingerprint density at radius 1 is 1.00 bits per heavy atom. The number of rotatable bonds is 4. The summed E-state index contributed by atoms with van der Waals surface area (Å²) in [7, 11) is 0. The smallest absolute Gasteiger partial charge is 0.0747 e. The number of benzene rings is 2. The van der Waals surface area contributed by atoms with Crippen LogP contribution in [0.3, 0.4) is 0 Å². The molecule has 100 valence electrons. The zero-order chi connectivity index (χ0) is 13.8. The van der Waals surface area contributed by atoms with Gasteiger partial charge in [0, 0.05) is 5.69 Å². The number of aliphatic hydroxyl groups excluding tert-OH is 1. The Hall–Kier alpha value is -1.80. The molecule has 2 nitrogen and oxygen atoms in total. The molecule has 0 aliphatic rings. The normalized spacial score (nSPS) is 12.2. The van der Waals surface area contributed by atoms with Gasteiger partial charge in [0.1, 0.15) is 0 Å². The Bertz CT molecular complexity index is 563. The average molecular weight is 255 g/mol. The van der Waals surface area contributed by atoms with Crippen LogP contribution in [0.15, 0.2) is 42.5 Å². The van der Waals surface area contributed by atoms with E-state index in [9.17, 15) is 5.11 Å². The third kappa shape index (κ3) is 3.15. The molecule has 0 aliphatic heterocycles. The van der Waals surface area contributed by atoms with Gasteiger partial charge in [-0.05, 0) is 43.5 Å². The largest absolute Gasteiger partial charge is 0.394 e. The van der Waals surface area contributed by atoms with E-state index >= 15 is 0 Å². The Balaban J connectivity index is 2.30. The average Bonchev–Trinajstić information content (AvgIpc) is 2.41. The lowest BCUT2D eigenvalue weighted by molar-refractivity contribution is 0.276. The maximum absolute atomic E-state index is 9.68. The highest BCUT2D eigenvalue weighted by atomic mass is 16.3. The third-order valence-electron chi connectivity index (χ3n) is 3.47. The van der Waals surface area contributed by atoms with E-state index < -0.39 is 0 Å². The molecular formula is C17H21NO. The van der Waals surface area contributed by atoms with Crippen molar-refractivity contribution in [3.63, 3.8) is 0 Å². The van der Waals surface area contributed by atoms with Crippen LogP contribution in [-0.4, -0.2) is 11.7 Å². The summed E-state index contributed by atoms with van der Waals surface area (Å²) >= 11 is 0. The molecule has 0 saturated carbocycles. The van der Waals surface area contributed by atoms with E-state index in [1.54, 1.807) is 0 Å². The number of aryl methyl sites for hydroxylation is 3. The van der Waals surface area contributed by atoms with Gasteiger partial charge in [0.2, 0.25) is 0 Å². The van der Waals surface area contributed by atoms with E-state index in [-0.39, 0.29) is 12.6 Å². The van der Waals surface area contributed by atoms with Crippen LogP contribution < -0.4 is 5.32 Å². The predicted octanol–water partition coefficient (Wildman–Crippen LogP) is 3.76. The van der Waals surface area contributed by atoms with Gasteiger partial charge in [0.25, 0.3) is 0 Å². The van der Waals surface area contributed by atoms with Gasteiger partial charge in [-0.1, -0.05) is 42.0 Å². The Morgan fingerprint density at radius 3 is 2.42 bits per heavy atom. The van der Waals surface area contributed by atoms with Gasteiger partial charge in [-0.3, -0.25) is 0 Å². The van der Waals surface area contributed by atoms with Crippen molar-refractivity contribution in [2.45, 2.75) is 26.8 Å². The molecular weight excluding hydrogens is 234 g/mol. The molecule has 0 aromatic heterocycles. The summed E-state index contributed by atoms with van der Waals surface area (Å²) in [6.07, 6.45) is 0. The molecule has 2 heteroatoms. The molecule has 0 bridgehead atoms. The molecule has 0 spiro atoms. The van der Waals surface area contributed by atoms with Crippen LogP contribution in [0.1, 0.15) is 28.3 Å². The summed E-state index contributed by atoms with van der Waals surface area (Å²) in [5.41, 5.74) is 5.83. The molecule has 0 saturated heterocycles. The number of anilines is 1. The third-order valence-corrected chi connectivity index (χ3v) is 3.47. The second kappa shape index (κ2) is 5.89. The van der Waals surface area contributed by atoms with Crippen molar-refractivity contribution in [1.29, 1.82) is 0 Å². The Labute approximate surface area is 115 Å². The van der Waals surface area contributed by atoms with Gasteiger partial charge in [-0.25, -0.2) is 0 Å². The van der Waals surface area contributed by atoms with Crippen molar-refractivity contribution in [2.75, 3.05) is 11.9 Å². The topological polar surface area (TPSA) is 32.3 Å². The summed E-state index contributed by atoms with van der Waals surface area (Å²) in [4.78, 5) is 0. The number of para-hydroxylation sites is 1. The van der Waals surface area contributed by atoms with Crippen molar-refractivity contribution < 1.29 is 5.11 Å². The molecule has 0 fully saturated rings. The van der Waals surface area contributed by atoms with Crippen LogP contribution in [0.4, 0.5) is 5.69 Å². The van der Waals surface area contributed by atoms with Gasteiger partial charge >= 0.3 is 0 Å². The summed E-state index contributed by atoms with van der Waals surface area (Å²) < 4.78 is 0. The fraction of sp³-hybridized carbons (Fsp3) is 0.294. The Kier molecular flexibility index (Phi) is 4.23. The van der Waals surface area contributed by atoms with E-state index in [0.29, 0.717) is 0 Å². The fourth-order valence-corrected chi connectivity index (χ4v) is 2.28. The molecule has 1 atom stereocenters. The van der Waals surface area contributed by atoms with E-state index in [4.69, 9.17) is 0 Å². The van der Waals surface area contributed by atoms with Gasteiger partial charge < -0.3 is 10.4 Å². The second-order valence-electron chi connectivity index (χ2n) is 5.05. The van der Waals surface area contributed by atoms with Crippen molar-refractivity contribution in [3.8, 4) is 0 Å². The van der Waals surface area contributed by atoms with Crippen molar-refractivity contribution in [3.05, 3.63) is 64.7 Å². The minimum absolute atomic E-state index is 0.0685. The first-order valence-electron chi connectivity index (χ1n) is 6.62. The highest BCUT2D eigenvalue weighted by Crippen LogP contribution is 2.25. The van der Waals surface area contributed by atoms with Crippen molar-refractivity contribution >= 4 is 5.69 Å². The minimum Gasteiger partial charge on any atom is -0.394 e. The summed E-state index contributed by atoms with van der Waals surface area (Å²) in [5.74, 6) is 0. The quantitative estimate of drug-likeness (QED) is 0.872. The van der Waals surface area contributed by atoms with Crippen LogP contribution in [0.2, 0.25) is 0 Å². The molecule has 0 heterocycles. The fourth-order valence-electron chi connectivity index (χ4n) is 2.28. The molecule has 19 heavy (non-hydrogen) atoms. The van der Waals surface area contributed by atoms with Gasteiger partial charge in [-0.15, -0.1) is 0 Å². The van der Waals surface area contributed by atoms with Crippen LogP contribution in [0, 0.1) is 20.8 Å². The van der Waals surface area contributed by atoms with Gasteiger partial charge in [0.15, 0.2) is 0 Å². The summed E-state index contributed by atoms with van der Waals surface area (Å²) in [6.45, 7) is 6.31. The maximum atomic E-state index is 9.68. The highest BCUT2D eigenvalue weighted by Gasteiger charge is 2.13. The standard InChI is InChI=1S/C17H21NO/c1-12-8-9-13(2)15(10-12)17(11-19)18-16-7-5-4-6-14(16)3/h4-10,17-19H,11H2,1-3H3. The van der Waals surface area contributed by atoms with Crippen LogP contribution >= 0.6 is 0 Å². The first-order valence-corrected chi connectivity index (χ1v) is 6.62. The van der Waals surface area contributed by atoms with E-state index in [1.807, 2.05) is 18.2 Å². The van der Waals surface area contributed by atoms with E-state index in [2.05, 4.69) is 50.4 Å². The zero-order valence-electron chi connectivity index (χ0n) is 11.8. The lowest BCUT2D eigenvalue weighted by Crippen LogP contribution is -2.16. The Morgan fingerprint density at radius 2 is 1.74 bits per heavy atom. The number of hydrogen-bond acceptors (Lipinski definition) is 2. The lowest BCUT2D eigenvalue weighted by Gasteiger charge is -2.21. The SMILES string of the molecule is Cc1ccc(C)c(C(CO)Nc2ccccc2C)c1. The zero-order valence-corrected chi connectivity index (χ0v) is 11.8.